The Morgan fingerprint density at radius 3 is 2.50 bits per heavy atom. The third-order valence-electron chi connectivity index (χ3n) is 3.44. The first kappa shape index (κ1) is 14.3. The Hall–Kier alpha value is -2.10. The summed E-state index contributed by atoms with van der Waals surface area (Å²) in [5.41, 5.74) is 4.37. The van der Waals surface area contributed by atoms with E-state index in [0.29, 0.717) is 12.8 Å². The van der Waals surface area contributed by atoms with Gasteiger partial charge in [-0.2, -0.15) is 0 Å². The van der Waals surface area contributed by atoms with Crippen LogP contribution in [0.3, 0.4) is 0 Å². The Kier molecular flexibility index (Phi) is 4.93. The second kappa shape index (κ2) is 6.89. The smallest absolute Gasteiger partial charge is 0.224 e. The van der Waals surface area contributed by atoms with Crippen molar-refractivity contribution in [1.29, 1.82) is 0 Å². The number of imidazole rings is 1. The van der Waals surface area contributed by atoms with Crippen LogP contribution in [0.5, 0.6) is 0 Å². The minimum absolute atomic E-state index is 0.0511. The van der Waals surface area contributed by atoms with E-state index in [2.05, 4.69) is 47.3 Å². The number of nitrogens with one attached hydrogen (secondary N) is 2. The summed E-state index contributed by atoms with van der Waals surface area (Å²) < 4.78 is 0. The highest BCUT2D eigenvalue weighted by molar-refractivity contribution is 5.92. The van der Waals surface area contributed by atoms with E-state index in [0.717, 1.165) is 24.2 Å². The fourth-order valence-corrected chi connectivity index (χ4v) is 2.27. The minimum Gasteiger partial charge on any atom is -0.348 e. The van der Waals surface area contributed by atoms with Crippen molar-refractivity contribution < 1.29 is 4.79 Å². The number of rotatable bonds is 6. The molecule has 0 bridgehead atoms. The topological polar surface area (TPSA) is 57.8 Å². The summed E-state index contributed by atoms with van der Waals surface area (Å²) in [6, 6.07) is 6.20. The molecule has 0 aliphatic rings. The number of benzene rings is 1. The van der Waals surface area contributed by atoms with E-state index < -0.39 is 0 Å². The molecule has 2 aromatic rings. The molecular formula is C16H21N3O. The number of carbonyl (C=O) groups excluding carboxylic acids is 1. The van der Waals surface area contributed by atoms with Crippen LogP contribution in [0, 0.1) is 0 Å². The highest BCUT2D eigenvalue weighted by Gasteiger charge is 2.10. The van der Waals surface area contributed by atoms with Gasteiger partial charge in [0.1, 0.15) is 0 Å². The Morgan fingerprint density at radius 1 is 1.25 bits per heavy atom. The molecule has 0 saturated heterocycles. The summed E-state index contributed by atoms with van der Waals surface area (Å²) in [7, 11) is 0. The number of hydrogen-bond acceptors (Lipinski definition) is 2. The largest absolute Gasteiger partial charge is 0.348 e. The van der Waals surface area contributed by atoms with Crippen LogP contribution >= 0.6 is 0 Å². The second-order valence-corrected chi connectivity index (χ2v) is 4.78. The van der Waals surface area contributed by atoms with Gasteiger partial charge in [-0.1, -0.05) is 32.0 Å². The van der Waals surface area contributed by atoms with Crippen LogP contribution in [0.1, 0.15) is 37.1 Å². The third-order valence-corrected chi connectivity index (χ3v) is 3.44. The maximum atomic E-state index is 12.1. The molecule has 4 heteroatoms. The van der Waals surface area contributed by atoms with E-state index in [1.165, 1.54) is 11.1 Å². The summed E-state index contributed by atoms with van der Waals surface area (Å²) in [5, 5.41) is 3.07. The fourth-order valence-electron chi connectivity index (χ4n) is 2.27. The van der Waals surface area contributed by atoms with Crippen molar-refractivity contribution >= 4 is 11.6 Å². The second-order valence-electron chi connectivity index (χ2n) is 4.78. The summed E-state index contributed by atoms with van der Waals surface area (Å²) in [4.78, 5) is 19.1. The van der Waals surface area contributed by atoms with E-state index in [4.69, 9.17) is 0 Å². The molecule has 0 aliphatic carbocycles. The number of hydrogen-bond donors (Lipinski definition) is 2. The lowest BCUT2D eigenvalue weighted by atomic mass is 10.0. The van der Waals surface area contributed by atoms with Gasteiger partial charge in [0.15, 0.2) is 0 Å². The van der Waals surface area contributed by atoms with Gasteiger partial charge in [0.2, 0.25) is 5.91 Å². The first-order valence-corrected chi connectivity index (χ1v) is 7.12. The first-order valence-electron chi connectivity index (χ1n) is 7.12. The van der Waals surface area contributed by atoms with Gasteiger partial charge in [-0.3, -0.25) is 4.79 Å². The first-order chi connectivity index (χ1) is 9.74. The Balaban J connectivity index is 2.03. The summed E-state index contributed by atoms with van der Waals surface area (Å²) in [6.45, 7) is 4.21. The SMILES string of the molecule is CCc1cccc(CC)c1NC(=O)CCc1cnc[nH]1. The number of aryl methyl sites for hydroxylation is 3. The van der Waals surface area contributed by atoms with Crippen molar-refractivity contribution in [3.63, 3.8) is 0 Å². The molecule has 106 valence electrons. The van der Waals surface area contributed by atoms with Crippen LogP contribution in [0.2, 0.25) is 0 Å². The molecule has 1 aromatic carbocycles. The van der Waals surface area contributed by atoms with E-state index in [1.807, 2.05) is 0 Å². The average Bonchev–Trinajstić information content (AvgIpc) is 2.98. The number of carbonyl (C=O) groups is 1. The number of aromatic amines is 1. The molecule has 1 heterocycles. The number of H-pyrrole nitrogens is 1. The molecule has 4 nitrogen and oxygen atoms in total. The van der Waals surface area contributed by atoms with Crippen LogP contribution in [-0.2, 0) is 24.1 Å². The van der Waals surface area contributed by atoms with Crippen molar-refractivity contribution in [2.24, 2.45) is 0 Å². The normalized spacial score (nSPS) is 10.5. The van der Waals surface area contributed by atoms with Crippen LogP contribution in [-0.4, -0.2) is 15.9 Å². The van der Waals surface area contributed by atoms with Gasteiger partial charge in [-0.25, -0.2) is 4.98 Å². The monoisotopic (exact) mass is 271 g/mol. The number of aromatic nitrogens is 2. The molecule has 20 heavy (non-hydrogen) atoms. The molecule has 0 saturated carbocycles. The number of para-hydroxylation sites is 1. The van der Waals surface area contributed by atoms with Crippen molar-refractivity contribution in [2.45, 2.75) is 39.5 Å². The van der Waals surface area contributed by atoms with Crippen molar-refractivity contribution in [3.8, 4) is 0 Å². The van der Waals surface area contributed by atoms with Crippen LogP contribution < -0.4 is 5.32 Å². The summed E-state index contributed by atoms with van der Waals surface area (Å²) >= 11 is 0. The van der Waals surface area contributed by atoms with E-state index in [-0.39, 0.29) is 5.91 Å². The zero-order chi connectivity index (χ0) is 14.4. The van der Waals surface area contributed by atoms with Gasteiger partial charge in [-0.15, -0.1) is 0 Å². The van der Waals surface area contributed by atoms with Crippen LogP contribution in [0.4, 0.5) is 5.69 Å². The van der Waals surface area contributed by atoms with Crippen molar-refractivity contribution in [1.82, 2.24) is 9.97 Å². The fraction of sp³-hybridized carbons (Fsp3) is 0.375. The van der Waals surface area contributed by atoms with E-state index in [1.54, 1.807) is 12.5 Å². The molecule has 0 radical (unpaired) electrons. The molecule has 0 fully saturated rings. The zero-order valence-corrected chi connectivity index (χ0v) is 12.1. The highest BCUT2D eigenvalue weighted by Crippen LogP contribution is 2.22. The summed E-state index contributed by atoms with van der Waals surface area (Å²) in [6.07, 6.45) is 6.37. The van der Waals surface area contributed by atoms with Gasteiger partial charge in [-0.05, 0) is 30.4 Å². The predicted molar refractivity (Wildman–Crippen MR) is 80.7 cm³/mol. The molecule has 1 aromatic heterocycles. The highest BCUT2D eigenvalue weighted by atomic mass is 16.1. The van der Waals surface area contributed by atoms with Crippen molar-refractivity contribution in [3.05, 3.63) is 47.5 Å². The lowest BCUT2D eigenvalue weighted by Crippen LogP contribution is -2.15. The van der Waals surface area contributed by atoms with E-state index >= 15 is 0 Å². The molecule has 0 atom stereocenters. The Bertz CT molecular complexity index is 539. The Morgan fingerprint density at radius 2 is 1.95 bits per heavy atom. The summed E-state index contributed by atoms with van der Waals surface area (Å²) in [5.74, 6) is 0.0511. The minimum atomic E-state index is 0.0511. The maximum absolute atomic E-state index is 12.1. The third kappa shape index (κ3) is 3.47. The van der Waals surface area contributed by atoms with Crippen LogP contribution in [0.15, 0.2) is 30.7 Å². The lowest BCUT2D eigenvalue weighted by Gasteiger charge is -2.14. The quantitative estimate of drug-likeness (QED) is 0.848. The lowest BCUT2D eigenvalue weighted by molar-refractivity contribution is -0.116. The van der Waals surface area contributed by atoms with Gasteiger partial charge < -0.3 is 10.3 Å². The van der Waals surface area contributed by atoms with Gasteiger partial charge in [0.05, 0.1) is 6.33 Å². The van der Waals surface area contributed by atoms with Crippen molar-refractivity contribution in [2.75, 3.05) is 5.32 Å². The standard InChI is InChI=1S/C16H21N3O/c1-3-12-6-5-7-13(4-2)16(12)19-15(20)9-8-14-10-17-11-18-14/h5-7,10-11H,3-4,8-9H2,1-2H3,(H,17,18)(H,19,20). The van der Waals surface area contributed by atoms with Gasteiger partial charge >= 0.3 is 0 Å². The number of amides is 1. The number of anilines is 1. The van der Waals surface area contributed by atoms with E-state index in [9.17, 15) is 4.79 Å². The molecule has 0 spiro atoms. The molecule has 0 aliphatic heterocycles. The average molecular weight is 271 g/mol. The zero-order valence-electron chi connectivity index (χ0n) is 12.1. The molecule has 2 rings (SSSR count). The molecular weight excluding hydrogens is 250 g/mol. The van der Waals surface area contributed by atoms with Gasteiger partial charge in [0, 0.05) is 24.0 Å². The Labute approximate surface area is 119 Å². The molecule has 1 amide bonds. The van der Waals surface area contributed by atoms with Gasteiger partial charge in [0.25, 0.3) is 0 Å². The molecule has 2 N–H and O–H groups in total. The molecule has 0 unspecified atom stereocenters. The maximum Gasteiger partial charge on any atom is 0.224 e. The van der Waals surface area contributed by atoms with Crippen LogP contribution in [0.25, 0.3) is 0 Å². The number of nitrogens with zero attached hydrogens (tertiary/aromatic N) is 1. The predicted octanol–water partition coefficient (Wildman–Crippen LogP) is 3.11.